The molecule has 25 heavy (non-hydrogen) atoms. The first-order chi connectivity index (χ1) is 10.6. The van der Waals surface area contributed by atoms with Crippen molar-refractivity contribution in [2.24, 2.45) is 0 Å². The number of carbonyl (C=O) groups is 1. The van der Waals surface area contributed by atoms with Crippen LogP contribution in [-0.4, -0.2) is 57.3 Å². The van der Waals surface area contributed by atoms with Gasteiger partial charge < -0.3 is 17.1 Å². The van der Waals surface area contributed by atoms with Gasteiger partial charge in [0, 0.05) is 12.1 Å². The third kappa shape index (κ3) is 15.0. The Morgan fingerprint density at radius 1 is 0.840 bits per heavy atom. The lowest BCUT2D eigenvalue weighted by Gasteiger charge is -2.42. The number of hydrogen-bond acceptors (Lipinski definition) is 5. The van der Waals surface area contributed by atoms with Gasteiger partial charge in [-0.3, -0.25) is 0 Å². The van der Waals surface area contributed by atoms with Crippen LogP contribution in [0.4, 0.5) is 0 Å². The Balaban J connectivity index is 0. The maximum Gasteiger partial charge on any atom is 0.469 e. The summed E-state index contributed by atoms with van der Waals surface area (Å²) in [5, 5.41) is 0. The average molecular weight is 441 g/mol. The fraction of sp³-hybridized carbons (Fsp3) is 0.800. The lowest BCUT2D eigenvalue weighted by Crippen LogP contribution is -2.60. The molecule has 150 valence electrons. The van der Waals surface area contributed by atoms with Gasteiger partial charge in [0.05, 0.1) is 6.61 Å². The van der Waals surface area contributed by atoms with Crippen LogP contribution in [0.5, 0.6) is 0 Å². The highest BCUT2D eigenvalue weighted by molar-refractivity contribution is 6.90. The Bertz CT molecular complexity index is 383. The maximum absolute atomic E-state index is 11.2. The van der Waals surface area contributed by atoms with Crippen LogP contribution in [-0.2, 0) is 21.9 Å². The molecule has 0 aromatic rings. The van der Waals surface area contributed by atoms with E-state index in [-0.39, 0.29) is 11.0 Å². The average Bonchev–Trinajstić information content (AvgIpc) is 2.27. The topological polar surface area (TPSA) is 54.0 Å². The third-order valence-corrected chi connectivity index (χ3v) is 14.5. The highest BCUT2D eigenvalue weighted by Crippen LogP contribution is 2.29. The van der Waals surface area contributed by atoms with E-state index in [0.29, 0.717) is 19.1 Å². The fourth-order valence-electron chi connectivity index (χ4n) is 2.14. The summed E-state index contributed by atoms with van der Waals surface area (Å²) < 4.78 is 24.8. The molecule has 0 heterocycles. The largest absolute Gasteiger partial charge is 0.469 e. The Hall–Kier alpha value is 0.174. The van der Waals surface area contributed by atoms with Crippen molar-refractivity contribution >= 4 is 50.7 Å². The summed E-state index contributed by atoms with van der Waals surface area (Å²) in [4.78, 5) is 11.2. The van der Waals surface area contributed by atoms with Gasteiger partial charge >= 0.3 is 14.8 Å². The Morgan fingerprint density at radius 2 is 1.20 bits per heavy atom. The molecular weight excluding hydrogens is 401 g/mol. The molecular formula is C15H40O5Si5. The van der Waals surface area contributed by atoms with Crippen molar-refractivity contribution in [3.05, 3.63) is 12.7 Å². The Kier molecular flexibility index (Phi) is 11.5. The molecule has 0 spiro atoms. The zero-order chi connectivity index (χ0) is 19.2. The molecule has 0 rings (SSSR count). The van der Waals surface area contributed by atoms with Gasteiger partial charge in [-0.2, -0.15) is 0 Å². The lowest BCUT2D eigenvalue weighted by molar-refractivity contribution is -0.137. The number of esters is 1. The monoisotopic (exact) mass is 440 g/mol. The molecule has 0 fully saturated rings. The normalized spacial score (nSPS) is 13.2. The van der Waals surface area contributed by atoms with Gasteiger partial charge in [0.15, 0.2) is 25.0 Å². The van der Waals surface area contributed by atoms with E-state index in [4.69, 9.17) is 17.1 Å². The second kappa shape index (κ2) is 10.5. The van der Waals surface area contributed by atoms with E-state index in [9.17, 15) is 4.79 Å². The van der Waals surface area contributed by atoms with Gasteiger partial charge in [-0.05, 0) is 76.3 Å². The first kappa shape index (κ1) is 27.4. The first-order valence-electron chi connectivity index (χ1n) is 8.47. The van der Waals surface area contributed by atoms with E-state index in [1.54, 1.807) is 0 Å². The van der Waals surface area contributed by atoms with Crippen molar-refractivity contribution in [1.82, 2.24) is 0 Å². The van der Waals surface area contributed by atoms with E-state index in [1.807, 2.05) is 0 Å². The highest BCUT2D eigenvalue weighted by Gasteiger charge is 2.49. The molecule has 0 saturated heterocycles. The van der Waals surface area contributed by atoms with Gasteiger partial charge in [0.2, 0.25) is 0 Å². The zero-order valence-corrected chi connectivity index (χ0v) is 20.9. The van der Waals surface area contributed by atoms with Crippen LogP contribution >= 0.6 is 0 Å². The Labute approximate surface area is 163 Å². The standard InChI is InChI=1S/C15H36O5Si4.H4Si/c1-11-15(16)17-13-12-14-24(18-21(2,3)4,19-22(5,6)7)20-23(8,9)10;/h11H,1,12-14H2,2-10H3;1H4. The molecule has 0 aliphatic rings. The molecule has 10 heteroatoms. The van der Waals surface area contributed by atoms with Crippen molar-refractivity contribution in [1.29, 1.82) is 0 Å². The molecule has 0 bridgehead atoms. The number of rotatable bonds is 11. The van der Waals surface area contributed by atoms with Crippen molar-refractivity contribution in [3.63, 3.8) is 0 Å². The molecule has 0 saturated carbocycles. The van der Waals surface area contributed by atoms with Gasteiger partial charge in [0.1, 0.15) is 0 Å². The van der Waals surface area contributed by atoms with Crippen LogP contribution in [0.1, 0.15) is 6.42 Å². The molecule has 0 atom stereocenters. The zero-order valence-electron chi connectivity index (χ0n) is 16.9. The van der Waals surface area contributed by atoms with Crippen molar-refractivity contribution in [2.75, 3.05) is 6.61 Å². The summed E-state index contributed by atoms with van der Waals surface area (Å²) >= 11 is 0. The number of hydrogen-bond donors (Lipinski definition) is 0. The predicted molar refractivity (Wildman–Crippen MR) is 121 cm³/mol. The summed E-state index contributed by atoms with van der Waals surface area (Å²) in [6, 6.07) is 0.677. The summed E-state index contributed by atoms with van der Waals surface area (Å²) in [6.45, 7) is 23.2. The SMILES string of the molecule is C=CC(=O)OCCC[Si](O[Si](C)(C)C)(O[Si](C)(C)C)O[Si](C)(C)C.[SiH4]. The summed E-state index contributed by atoms with van der Waals surface area (Å²) in [5.74, 6) is -0.398. The van der Waals surface area contributed by atoms with Crippen LogP contribution in [0.2, 0.25) is 65.0 Å². The van der Waals surface area contributed by atoms with Crippen molar-refractivity contribution < 1.29 is 21.9 Å². The quantitative estimate of drug-likeness (QED) is 0.214. The molecule has 0 aromatic heterocycles. The van der Waals surface area contributed by atoms with Crippen LogP contribution in [0, 0.1) is 0 Å². The molecule has 0 aliphatic heterocycles. The third-order valence-electron chi connectivity index (χ3n) is 2.42. The van der Waals surface area contributed by atoms with Crippen LogP contribution in [0.3, 0.4) is 0 Å². The highest BCUT2D eigenvalue weighted by atomic mass is 28.5. The van der Waals surface area contributed by atoms with Crippen LogP contribution in [0.25, 0.3) is 0 Å². The minimum absolute atomic E-state index is 0. The molecule has 5 nitrogen and oxygen atoms in total. The molecule has 0 aliphatic carbocycles. The summed E-state index contributed by atoms with van der Waals surface area (Å²) in [6.07, 6.45) is 1.85. The lowest BCUT2D eigenvalue weighted by atomic mass is 10.5. The summed E-state index contributed by atoms with van der Waals surface area (Å²) in [7, 11) is -8.36. The van der Waals surface area contributed by atoms with E-state index in [2.05, 4.69) is 65.5 Å². The van der Waals surface area contributed by atoms with Gasteiger partial charge in [-0.15, -0.1) is 0 Å². The second-order valence-electron chi connectivity index (χ2n) is 8.80. The van der Waals surface area contributed by atoms with Gasteiger partial charge in [-0.25, -0.2) is 4.79 Å². The molecule has 0 amide bonds. The fourth-order valence-corrected chi connectivity index (χ4v) is 16.8. The molecule has 0 unspecified atom stereocenters. The van der Waals surface area contributed by atoms with Crippen LogP contribution in [0.15, 0.2) is 12.7 Å². The van der Waals surface area contributed by atoms with Crippen molar-refractivity contribution in [3.8, 4) is 0 Å². The predicted octanol–water partition coefficient (Wildman–Crippen LogP) is 3.15. The number of carbonyl (C=O) groups excluding carboxylic acids is 1. The van der Waals surface area contributed by atoms with E-state index < -0.39 is 39.7 Å². The second-order valence-corrected chi connectivity index (χ2v) is 25.8. The molecule has 0 radical (unpaired) electrons. The van der Waals surface area contributed by atoms with E-state index in [1.165, 1.54) is 6.08 Å². The maximum atomic E-state index is 11.2. The van der Waals surface area contributed by atoms with E-state index >= 15 is 0 Å². The minimum atomic E-state index is -2.82. The van der Waals surface area contributed by atoms with Crippen molar-refractivity contribution in [2.45, 2.75) is 71.4 Å². The van der Waals surface area contributed by atoms with E-state index in [0.717, 1.165) is 0 Å². The molecule has 0 N–H and O–H groups in total. The molecule has 0 aromatic carbocycles. The first-order valence-corrected chi connectivity index (χ1v) is 20.6. The van der Waals surface area contributed by atoms with Crippen LogP contribution < -0.4 is 0 Å². The Morgan fingerprint density at radius 3 is 1.48 bits per heavy atom. The van der Waals surface area contributed by atoms with Gasteiger partial charge in [-0.1, -0.05) is 6.58 Å². The smallest absolute Gasteiger partial charge is 0.463 e. The minimum Gasteiger partial charge on any atom is -0.463 e. The van der Waals surface area contributed by atoms with Gasteiger partial charge in [0.25, 0.3) is 0 Å². The summed E-state index contributed by atoms with van der Waals surface area (Å²) in [5.41, 5.74) is 0. The number of ether oxygens (including phenoxy) is 1.